The zero-order chi connectivity index (χ0) is 15.8. The van der Waals surface area contributed by atoms with Crippen LogP contribution in [0.25, 0.3) is 0 Å². The molecule has 0 bridgehead atoms. The van der Waals surface area contributed by atoms with E-state index in [4.69, 9.17) is 13.0 Å². The number of aromatic nitrogens is 1. The predicted molar refractivity (Wildman–Crippen MR) is 89.7 cm³/mol. The number of allylic oxidation sites excluding steroid dienone is 1. The van der Waals surface area contributed by atoms with Gasteiger partial charge in [-0.3, -0.25) is 0 Å². The van der Waals surface area contributed by atoms with Gasteiger partial charge >= 0.3 is 0 Å². The smallest absolute Gasteiger partial charge is 0.134 e. The summed E-state index contributed by atoms with van der Waals surface area (Å²) in [6.07, 6.45) is 0.914. The highest BCUT2D eigenvalue weighted by atomic mass is 35.5. The number of benzene rings is 1. The predicted octanol–water partition coefficient (Wildman–Crippen LogP) is 3.49. The third kappa shape index (κ3) is 2.31. The maximum absolute atomic E-state index is 8.06. The Kier molecular flexibility index (Phi) is 2.97. The van der Waals surface area contributed by atoms with Gasteiger partial charge in [0.1, 0.15) is 11.0 Å². The van der Waals surface area contributed by atoms with Gasteiger partial charge in [0.15, 0.2) is 0 Å². The van der Waals surface area contributed by atoms with E-state index in [1.54, 1.807) is 6.07 Å². The number of rotatable bonds is 3. The van der Waals surface area contributed by atoms with Crippen molar-refractivity contribution in [3.8, 4) is 0 Å². The second-order valence-corrected chi connectivity index (χ2v) is 5.53. The highest BCUT2D eigenvalue weighted by Gasteiger charge is 2.31. The maximum Gasteiger partial charge on any atom is 0.134 e. The number of anilines is 1. The van der Waals surface area contributed by atoms with Crippen molar-refractivity contribution in [2.75, 3.05) is 11.4 Å². The first-order valence-corrected chi connectivity index (χ1v) is 7.39. The Hall–Kier alpha value is -2.46. The Morgan fingerprint density at radius 1 is 1.14 bits per heavy atom. The molecule has 2 aliphatic rings. The van der Waals surface area contributed by atoms with E-state index >= 15 is 0 Å². The lowest BCUT2D eigenvalue weighted by Gasteiger charge is -2.21. The van der Waals surface area contributed by atoms with Gasteiger partial charge in [-0.1, -0.05) is 48.0 Å². The van der Waals surface area contributed by atoms with Gasteiger partial charge in [0.25, 0.3) is 0 Å². The van der Waals surface area contributed by atoms with Crippen molar-refractivity contribution < 1.29 is 1.37 Å². The molecule has 0 unspecified atom stereocenters. The van der Waals surface area contributed by atoms with Crippen molar-refractivity contribution >= 4 is 29.3 Å². The minimum Gasteiger partial charge on any atom is -0.323 e. The molecule has 0 saturated heterocycles. The molecule has 4 nitrogen and oxygen atoms in total. The molecule has 0 radical (unpaired) electrons. The van der Waals surface area contributed by atoms with Crippen molar-refractivity contribution in [2.45, 2.75) is 6.42 Å². The largest absolute Gasteiger partial charge is 0.323 e. The average Bonchev–Trinajstić information content (AvgIpc) is 3.09. The lowest BCUT2D eigenvalue weighted by Crippen LogP contribution is -2.23. The monoisotopic (exact) mass is 309 g/mol. The molecule has 3 heterocycles. The number of halogens is 1. The van der Waals surface area contributed by atoms with Gasteiger partial charge < -0.3 is 4.90 Å². The van der Waals surface area contributed by atoms with Crippen LogP contribution in [0.3, 0.4) is 0 Å². The van der Waals surface area contributed by atoms with Crippen LogP contribution in [0.15, 0.2) is 70.0 Å². The maximum atomic E-state index is 8.06. The van der Waals surface area contributed by atoms with Gasteiger partial charge in [0.2, 0.25) is 0 Å². The molecular weight excluding hydrogens is 296 g/mol. The Morgan fingerprint density at radius 3 is 2.82 bits per heavy atom. The molecule has 0 fully saturated rings. The molecule has 0 amide bonds. The van der Waals surface area contributed by atoms with Gasteiger partial charge in [0, 0.05) is 17.7 Å². The van der Waals surface area contributed by atoms with Crippen molar-refractivity contribution in [3.63, 3.8) is 0 Å². The molecule has 0 atom stereocenters. The summed E-state index contributed by atoms with van der Waals surface area (Å²) in [5.74, 6) is 0.765. The molecule has 4 rings (SSSR count). The minimum atomic E-state index is 0.218. The Morgan fingerprint density at radius 2 is 2.00 bits per heavy atom. The SMILES string of the molecule is [2H]C1=NN=C2CN(c3cccc(Cl)n3)C(Cc3ccccc3)=C12. The Balaban J connectivity index is 1.78. The second-order valence-electron chi connectivity index (χ2n) is 5.15. The van der Waals surface area contributed by atoms with Crippen molar-refractivity contribution in [2.24, 2.45) is 10.2 Å². The molecule has 0 N–H and O–H groups in total. The summed E-state index contributed by atoms with van der Waals surface area (Å²) >= 11 is 6.04. The van der Waals surface area contributed by atoms with Crippen molar-refractivity contribution in [1.82, 2.24) is 4.98 Å². The number of hydrogen-bond acceptors (Lipinski definition) is 4. The van der Waals surface area contributed by atoms with Gasteiger partial charge in [0.05, 0.1) is 19.8 Å². The standard InChI is InChI=1S/C17H13ClN4/c18-16-7-4-8-17(20-16)22-11-14-13(10-19-21-14)15(22)9-12-5-2-1-3-6-12/h1-8,10H,9,11H2/i10D. The van der Waals surface area contributed by atoms with Crippen LogP contribution >= 0.6 is 11.6 Å². The first-order valence-electron chi connectivity index (χ1n) is 7.51. The summed E-state index contributed by atoms with van der Waals surface area (Å²) in [6.45, 7) is 0.566. The molecule has 2 aliphatic heterocycles. The van der Waals surface area contributed by atoms with Crippen LogP contribution in [0.2, 0.25) is 5.15 Å². The normalized spacial score (nSPS) is 17.3. The number of nitrogens with zero attached hydrogens (tertiary/aromatic N) is 4. The lowest BCUT2D eigenvalue weighted by atomic mass is 10.1. The second kappa shape index (κ2) is 5.39. The third-order valence-corrected chi connectivity index (χ3v) is 3.95. The molecule has 108 valence electrons. The lowest BCUT2D eigenvalue weighted by molar-refractivity contribution is 0.963. The van der Waals surface area contributed by atoms with Crippen LogP contribution in [0, 0.1) is 0 Å². The van der Waals surface area contributed by atoms with Crippen molar-refractivity contribution in [3.05, 3.63) is 70.5 Å². The van der Waals surface area contributed by atoms with Gasteiger partial charge in [-0.2, -0.15) is 10.2 Å². The summed E-state index contributed by atoms with van der Waals surface area (Å²) in [6, 6.07) is 15.7. The van der Waals surface area contributed by atoms with Crippen LogP contribution in [-0.4, -0.2) is 23.4 Å². The van der Waals surface area contributed by atoms with E-state index in [0.717, 1.165) is 22.8 Å². The van der Waals surface area contributed by atoms with Crippen LogP contribution in [-0.2, 0) is 6.42 Å². The summed E-state index contributed by atoms with van der Waals surface area (Å²) in [7, 11) is 0. The molecule has 1 aromatic carbocycles. The zero-order valence-corrected chi connectivity index (χ0v) is 12.5. The molecule has 0 aliphatic carbocycles. The molecule has 5 heteroatoms. The van der Waals surface area contributed by atoms with Crippen LogP contribution < -0.4 is 4.90 Å². The van der Waals surface area contributed by atoms with Crippen molar-refractivity contribution in [1.29, 1.82) is 0 Å². The highest BCUT2D eigenvalue weighted by Crippen LogP contribution is 2.30. The van der Waals surface area contributed by atoms with Crippen LogP contribution in [0.5, 0.6) is 0 Å². The molecule has 0 spiro atoms. The summed E-state index contributed by atoms with van der Waals surface area (Å²) in [4.78, 5) is 6.47. The number of hydrogen-bond donors (Lipinski definition) is 0. The van der Waals surface area contributed by atoms with E-state index in [0.29, 0.717) is 18.1 Å². The van der Waals surface area contributed by atoms with E-state index in [1.165, 1.54) is 5.56 Å². The molecule has 22 heavy (non-hydrogen) atoms. The molecule has 2 aromatic rings. The van der Waals surface area contributed by atoms with E-state index in [1.807, 2.05) is 30.3 Å². The van der Waals surface area contributed by atoms with E-state index in [-0.39, 0.29) is 6.19 Å². The number of fused-ring (bicyclic) bond motifs is 1. The van der Waals surface area contributed by atoms with Crippen LogP contribution in [0.4, 0.5) is 5.82 Å². The van der Waals surface area contributed by atoms with Gasteiger partial charge in [-0.15, -0.1) is 0 Å². The van der Waals surface area contributed by atoms with Gasteiger partial charge in [-0.05, 0) is 17.7 Å². The summed E-state index contributed by atoms with van der Waals surface area (Å²) < 4.78 is 8.06. The van der Waals surface area contributed by atoms with Crippen LogP contribution in [0.1, 0.15) is 6.93 Å². The fourth-order valence-electron chi connectivity index (χ4n) is 2.71. The average molecular weight is 310 g/mol. The molecule has 1 aromatic heterocycles. The number of pyridine rings is 1. The zero-order valence-electron chi connectivity index (χ0n) is 12.7. The summed E-state index contributed by atoms with van der Waals surface area (Å²) in [5, 5.41) is 8.47. The fraction of sp³-hybridized carbons (Fsp3) is 0.118. The molecule has 0 saturated carbocycles. The Labute approximate surface area is 134 Å². The molecular formula is C17H13ClN4. The topological polar surface area (TPSA) is 40.9 Å². The quantitative estimate of drug-likeness (QED) is 0.814. The third-order valence-electron chi connectivity index (χ3n) is 3.73. The highest BCUT2D eigenvalue weighted by molar-refractivity contribution is 6.29. The Bertz CT molecular complexity index is 858. The first-order chi connectivity index (χ1) is 11.2. The van der Waals surface area contributed by atoms with E-state index < -0.39 is 0 Å². The van der Waals surface area contributed by atoms with Gasteiger partial charge in [-0.25, -0.2) is 4.98 Å². The minimum absolute atomic E-state index is 0.218. The van der Waals surface area contributed by atoms with E-state index in [9.17, 15) is 0 Å². The first kappa shape index (κ1) is 12.1. The summed E-state index contributed by atoms with van der Waals surface area (Å²) in [5.41, 5.74) is 3.80. The fourth-order valence-corrected chi connectivity index (χ4v) is 2.87. The van der Waals surface area contributed by atoms with E-state index in [2.05, 4.69) is 32.2 Å².